The van der Waals surface area contributed by atoms with E-state index in [9.17, 15) is 13.2 Å². The van der Waals surface area contributed by atoms with Gasteiger partial charge in [0.05, 0.1) is 28.7 Å². The Morgan fingerprint density at radius 3 is 2.47 bits per heavy atom. The molecule has 1 amide bonds. The number of nitriles is 1. The number of pyridine rings is 1. The van der Waals surface area contributed by atoms with Crippen LogP contribution in [0.5, 0.6) is 0 Å². The van der Waals surface area contributed by atoms with Gasteiger partial charge in [-0.15, -0.1) is 0 Å². The molecule has 3 rings (SSSR count). The van der Waals surface area contributed by atoms with Crippen molar-refractivity contribution in [2.75, 3.05) is 18.5 Å². The minimum Gasteiger partial charge on any atom is -0.380 e. The lowest BCUT2D eigenvalue weighted by Crippen LogP contribution is -2.31. The molecular formula is C22H21N5O4S. The van der Waals surface area contributed by atoms with Gasteiger partial charge in [0.2, 0.25) is 10.0 Å². The van der Waals surface area contributed by atoms with Gasteiger partial charge in [-0.25, -0.2) is 18.6 Å². The molecule has 0 bridgehead atoms. The Balaban J connectivity index is 1.47. The molecule has 9 nitrogen and oxygen atoms in total. The first kappa shape index (κ1) is 22.9. The number of carbonyl (C=O) groups is 1. The van der Waals surface area contributed by atoms with E-state index < -0.39 is 15.9 Å². The second-order valence-corrected chi connectivity index (χ2v) is 8.34. The maximum absolute atomic E-state index is 12.5. The Bertz CT molecular complexity index is 1190. The Morgan fingerprint density at radius 2 is 1.75 bits per heavy atom. The number of hydrogen-bond donors (Lipinski definition) is 3. The predicted molar refractivity (Wildman–Crippen MR) is 118 cm³/mol. The lowest BCUT2D eigenvalue weighted by Gasteiger charge is -2.12. The third-order valence-electron chi connectivity index (χ3n) is 4.36. The Kier molecular flexibility index (Phi) is 7.88. The van der Waals surface area contributed by atoms with Gasteiger partial charge in [-0.3, -0.25) is 14.6 Å². The summed E-state index contributed by atoms with van der Waals surface area (Å²) in [4.78, 5) is 21.6. The number of amides is 1. The standard InChI is InChI=1S/C22H21N5O4S/c23-15-17-5-7-19(8-6-17)32(29,30)26-13-14-31-27-22(28)20-3-1-2-4-21(20)25-16-18-9-11-24-12-10-18/h1-12,25-26H,13-14,16H2,(H,27,28). The molecule has 0 saturated heterocycles. The van der Waals surface area contributed by atoms with E-state index in [1.165, 1.54) is 24.3 Å². The van der Waals surface area contributed by atoms with E-state index in [1.54, 1.807) is 30.6 Å². The molecule has 0 aliphatic carbocycles. The zero-order valence-corrected chi connectivity index (χ0v) is 17.8. The molecule has 2 aromatic carbocycles. The number of hydrogen-bond acceptors (Lipinski definition) is 7. The first-order chi connectivity index (χ1) is 15.5. The van der Waals surface area contributed by atoms with Crippen molar-refractivity contribution in [3.63, 3.8) is 0 Å². The van der Waals surface area contributed by atoms with Crippen LogP contribution in [-0.4, -0.2) is 32.5 Å². The molecule has 0 spiro atoms. The highest BCUT2D eigenvalue weighted by atomic mass is 32.2. The van der Waals surface area contributed by atoms with Gasteiger partial charge in [-0.05, 0) is 54.1 Å². The van der Waals surface area contributed by atoms with Crippen molar-refractivity contribution in [3.05, 3.63) is 89.7 Å². The van der Waals surface area contributed by atoms with Crippen LogP contribution in [0.3, 0.4) is 0 Å². The van der Waals surface area contributed by atoms with Gasteiger partial charge in [-0.1, -0.05) is 12.1 Å². The van der Waals surface area contributed by atoms with Gasteiger partial charge in [-0.2, -0.15) is 5.26 Å². The normalized spacial score (nSPS) is 10.8. The first-order valence-electron chi connectivity index (χ1n) is 9.63. The number of para-hydroxylation sites is 1. The molecule has 1 heterocycles. The minimum absolute atomic E-state index is 0.0368. The van der Waals surface area contributed by atoms with E-state index in [0.717, 1.165) is 5.56 Å². The van der Waals surface area contributed by atoms with Gasteiger partial charge in [0.1, 0.15) is 0 Å². The molecule has 164 valence electrons. The number of nitrogens with zero attached hydrogens (tertiary/aromatic N) is 2. The summed E-state index contributed by atoms with van der Waals surface area (Å²) in [5, 5.41) is 12.0. The highest BCUT2D eigenvalue weighted by Gasteiger charge is 2.14. The van der Waals surface area contributed by atoms with Crippen molar-refractivity contribution in [2.45, 2.75) is 11.4 Å². The monoisotopic (exact) mass is 451 g/mol. The second-order valence-electron chi connectivity index (χ2n) is 6.57. The van der Waals surface area contributed by atoms with E-state index in [4.69, 9.17) is 10.1 Å². The summed E-state index contributed by atoms with van der Waals surface area (Å²) >= 11 is 0. The summed E-state index contributed by atoms with van der Waals surface area (Å²) in [5.41, 5.74) is 4.72. The molecule has 0 saturated carbocycles. The van der Waals surface area contributed by atoms with Gasteiger partial charge in [0, 0.05) is 31.2 Å². The molecule has 0 aliphatic heterocycles. The van der Waals surface area contributed by atoms with Crippen molar-refractivity contribution in [1.82, 2.24) is 15.2 Å². The molecule has 0 atom stereocenters. The zero-order chi connectivity index (χ0) is 22.8. The average molecular weight is 452 g/mol. The maximum Gasteiger partial charge on any atom is 0.276 e. The first-order valence-corrected chi connectivity index (χ1v) is 11.1. The van der Waals surface area contributed by atoms with Crippen LogP contribution in [0.2, 0.25) is 0 Å². The number of sulfonamides is 1. The molecule has 1 aromatic heterocycles. The Morgan fingerprint density at radius 1 is 1.03 bits per heavy atom. The third-order valence-corrected chi connectivity index (χ3v) is 5.84. The lowest BCUT2D eigenvalue weighted by molar-refractivity contribution is 0.0336. The molecule has 3 N–H and O–H groups in total. The number of hydroxylamine groups is 1. The average Bonchev–Trinajstić information content (AvgIpc) is 2.83. The third kappa shape index (κ3) is 6.36. The molecule has 3 aromatic rings. The lowest BCUT2D eigenvalue weighted by atomic mass is 10.1. The predicted octanol–water partition coefficient (Wildman–Crippen LogP) is 2.21. The van der Waals surface area contributed by atoms with Crippen LogP contribution in [-0.2, 0) is 21.4 Å². The fraction of sp³-hybridized carbons (Fsp3) is 0.136. The van der Waals surface area contributed by atoms with Crippen molar-refractivity contribution in [3.8, 4) is 6.07 Å². The molecule has 0 unspecified atom stereocenters. The number of benzene rings is 2. The Labute approximate surface area is 186 Å². The van der Waals surface area contributed by atoms with Crippen LogP contribution in [0.25, 0.3) is 0 Å². The van der Waals surface area contributed by atoms with Crippen LogP contribution in [0.4, 0.5) is 5.69 Å². The minimum atomic E-state index is -3.75. The van der Waals surface area contributed by atoms with E-state index in [-0.39, 0.29) is 18.0 Å². The highest BCUT2D eigenvalue weighted by Crippen LogP contribution is 2.16. The van der Waals surface area contributed by atoms with Gasteiger partial charge >= 0.3 is 0 Å². The molecule has 10 heteroatoms. The Hall–Kier alpha value is -3.78. The topological polar surface area (TPSA) is 133 Å². The van der Waals surface area contributed by atoms with Gasteiger partial charge < -0.3 is 5.32 Å². The van der Waals surface area contributed by atoms with Crippen LogP contribution in [0.1, 0.15) is 21.5 Å². The molecule has 0 fully saturated rings. The SMILES string of the molecule is N#Cc1ccc(S(=O)(=O)NCCONC(=O)c2ccccc2NCc2ccncc2)cc1. The molecule has 0 aliphatic rings. The molecule has 32 heavy (non-hydrogen) atoms. The van der Waals surface area contributed by atoms with Crippen LogP contribution < -0.4 is 15.5 Å². The van der Waals surface area contributed by atoms with Crippen molar-refractivity contribution >= 4 is 21.6 Å². The number of carbonyl (C=O) groups excluding carboxylic acids is 1. The van der Waals surface area contributed by atoms with Crippen LogP contribution in [0.15, 0.2) is 78.0 Å². The summed E-state index contributed by atoms with van der Waals surface area (Å²) in [6.07, 6.45) is 3.39. The summed E-state index contributed by atoms with van der Waals surface area (Å²) in [6.45, 7) is 0.392. The number of rotatable bonds is 10. The summed E-state index contributed by atoms with van der Waals surface area (Å²) in [7, 11) is -3.75. The van der Waals surface area contributed by atoms with E-state index in [0.29, 0.717) is 23.4 Å². The quantitative estimate of drug-likeness (QED) is 0.318. The van der Waals surface area contributed by atoms with Crippen molar-refractivity contribution in [1.29, 1.82) is 5.26 Å². The van der Waals surface area contributed by atoms with Gasteiger partial charge in [0.15, 0.2) is 0 Å². The van der Waals surface area contributed by atoms with Crippen LogP contribution >= 0.6 is 0 Å². The number of nitrogens with one attached hydrogen (secondary N) is 3. The smallest absolute Gasteiger partial charge is 0.276 e. The van der Waals surface area contributed by atoms with Crippen molar-refractivity contribution in [2.24, 2.45) is 0 Å². The highest BCUT2D eigenvalue weighted by molar-refractivity contribution is 7.89. The number of anilines is 1. The van der Waals surface area contributed by atoms with Gasteiger partial charge in [0.25, 0.3) is 5.91 Å². The summed E-state index contributed by atoms with van der Waals surface area (Å²) < 4.78 is 26.8. The van der Waals surface area contributed by atoms with E-state index in [2.05, 4.69) is 20.5 Å². The van der Waals surface area contributed by atoms with Crippen LogP contribution in [0, 0.1) is 11.3 Å². The summed E-state index contributed by atoms with van der Waals surface area (Å²) in [6, 6.07) is 18.2. The largest absolute Gasteiger partial charge is 0.380 e. The fourth-order valence-corrected chi connectivity index (χ4v) is 3.74. The van der Waals surface area contributed by atoms with Crippen molar-refractivity contribution < 1.29 is 18.0 Å². The maximum atomic E-state index is 12.5. The number of aromatic nitrogens is 1. The van der Waals surface area contributed by atoms with E-state index >= 15 is 0 Å². The second kappa shape index (κ2) is 11.0. The zero-order valence-electron chi connectivity index (χ0n) is 17.0. The fourth-order valence-electron chi connectivity index (χ4n) is 2.72. The molecule has 0 radical (unpaired) electrons. The molecular weight excluding hydrogens is 430 g/mol. The van der Waals surface area contributed by atoms with E-state index in [1.807, 2.05) is 24.3 Å². The summed E-state index contributed by atoms with van der Waals surface area (Å²) in [5.74, 6) is -0.460.